The summed E-state index contributed by atoms with van der Waals surface area (Å²) in [6, 6.07) is 10.4. The summed E-state index contributed by atoms with van der Waals surface area (Å²) in [5.41, 5.74) is 3.29. The van der Waals surface area contributed by atoms with Crippen LogP contribution in [0.25, 0.3) is 22.4 Å². The fourth-order valence-electron chi connectivity index (χ4n) is 4.26. The van der Waals surface area contributed by atoms with Crippen LogP contribution in [0.5, 0.6) is 11.5 Å². The van der Waals surface area contributed by atoms with Crippen molar-refractivity contribution in [3.8, 4) is 33.9 Å². The number of aromatic nitrogens is 2. The Bertz CT molecular complexity index is 1160. The first-order valence-electron chi connectivity index (χ1n) is 10.9. The van der Waals surface area contributed by atoms with Gasteiger partial charge in [0.2, 0.25) is 0 Å². The standard InChI is InChI=1S/C24H27ClN4O4/c1-2-26-24(33)23-21(22(27-28-23)17-9-18(25)20(32)10-19(17)31)16-5-3-4-14(8-16)11-29-7-6-15(12-29)13-30/h3-5,8-10,15,30-32H,2,6-7,11-13H2,1H3,(H,26,33)(H,27,28)/t15-/m1/s1. The molecule has 0 unspecified atom stereocenters. The second-order valence-electron chi connectivity index (χ2n) is 8.28. The molecule has 0 radical (unpaired) electrons. The summed E-state index contributed by atoms with van der Waals surface area (Å²) < 4.78 is 0. The molecule has 1 atom stereocenters. The second-order valence-corrected chi connectivity index (χ2v) is 8.68. The van der Waals surface area contributed by atoms with Crippen molar-refractivity contribution in [3.63, 3.8) is 0 Å². The third-order valence-corrected chi connectivity index (χ3v) is 6.20. The van der Waals surface area contributed by atoms with Crippen molar-refractivity contribution in [1.82, 2.24) is 20.4 Å². The lowest BCUT2D eigenvalue weighted by molar-refractivity contribution is 0.0951. The number of carbonyl (C=O) groups is 1. The number of halogens is 1. The number of nitrogens with one attached hydrogen (secondary N) is 2. The number of H-pyrrole nitrogens is 1. The van der Waals surface area contributed by atoms with Crippen molar-refractivity contribution in [2.75, 3.05) is 26.2 Å². The Morgan fingerprint density at radius 2 is 2.09 bits per heavy atom. The van der Waals surface area contributed by atoms with Gasteiger partial charge in [0.25, 0.3) is 5.91 Å². The van der Waals surface area contributed by atoms with Crippen LogP contribution in [0.2, 0.25) is 5.02 Å². The largest absolute Gasteiger partial charge is 0.507 e. The molecule has 8 nitrogen and oxygen atoms in total. The molecule has 0 bridgehead atoms. The minimum Gasteiger partial charge on any atom is -0.507 e. The molecule has 3 aromatic rings. The number of rotatable bonds is 7. The first kappa shape index (κ1) is 23.1. The van der Waals surface area contributed by atoms with Gasteiger partial charge in [0, 0.05) is 43.4 Å². The summed E-state index contributed by atoms with van der Waals surface area (Å²) >= 11 is 6.10. The summed E-state index contributed by atoms with van der Waals surface area (Å²) in [5.74, 6) is -0.449. The Morgan fingerprint density at radius 1 is 1.27 bits per heavy atom. The number of phenolic OH excluding ortho intramolecular Hbond substituents is 2. The van der Waals surface area contributed by atoms with Crippen LogP contribution in [-0.2, 0) is 6.54 Å². The molecule has 33 heavy (non-hydrogen) atoms. The fourth-order valence-corrected chi connectivity index (χ4v) is 4.42. The molecule has 174 valence electrons. The number of aromatic amines is 1. The Morgan fingerprint density at radius 3 is 2.82 bits per heavy atom. The molecule has 1 aromatic heterocycles. The van der Waals surface area contributed by atoms with E-state index in [-0.39, 0.29) is 34.7 Å². The van der Waals surface area contributed by atoms with E-state index in [0.29, 0.717) is 29.3 Å². The number of aliphatic hydroxyl groups excluding tert-OH is 1. The van der Waals surface area contributed by atoms with Gasteiger partial charge in [0.15, 0.2) is 0 Å². The summed E-state index contributed by atoms with van der Waals surface area (Å²) in [5, 5.41) is 39.7. The van der Waals surface area contributed by atoms with Gasteiger partial charge in [0.05, 0.1) is 5.02 Å². The highest BCUT2D eigenvalue weighted by Gasteiger charge is 2.25. The van der Waals surface area contributed by atoms with E-state index in [1.807, 2.05) is 31.2 Å². The Labute approximate surface area is 196 Å². The van der Waals surface area contributed by atoms with Crippen LogP contribution in [0.15, 0.2) is 36.4 Å². The zero-order chi connectivity index (χ0) is 23.5. The van der Waals surface area contributed by atoms with Crippen molar-refractivity contribution >= 4 is 17.5 Å². The van der Waals surface area contributed by atoms with Gasteiger partial charge in [-0.3, -0.25) is 14.8 Å². The average molecular weight is 471 g/mol. The quantitative estimate of drug-likeness (QED) is 0.361. The number of aromatic hydroxyl groups is 2. The molecular weight excluding hydrogens is 444 g/mol. The Kier molecular flexibility index (Phi) is 6.88. The van der Waals surface area contributed by atoms with Crippen molar-refractivity contribution in [2.45, 2.75) is 19.9 Å². The molecule has 1 fully saturated rings. The average Bonchev–Trinajstić information content (AvgIpc) is 3.43. The molecule has 5 N–H and O–H groups in total. The van der Waals surface area contributed by atoms with Crippen LogP contribution in [0.4, 0.5) is 0 Å². The first-order valence-corrected chi connectivity index (χ1v) is 11.3. The SMILES string of the molecule is CCNC(=O)c1[nH]nc(-c2cc(Cl)c(O)cc2O)c1-c1cccc(CN2CC[C@@H](CO)C2)c1. The summed E-state index contributed by atoms with van der Waals surface area (Å²) in [4.78, 5) is 15.1. The van der Waals surface area contributed by atoms with Crippen LogP contribution in [0, 0.1) is 5.92 Å². The van der Waals surface area contributed by atoms with Gasteiger partial charge in [0.1, 0.15) is 22.9 Å². The Hall–Kier alpha value is -3.07. The highest BCUT2D eigenvalue weighted by Crippen LogP contribution is 2.41. The molecule has 0 spiro atoms. The zero-order valence-corrected chi connectivity index (χ0v) is 19.1. The molecule has 2 aromatic carbocycles. The number of aliphatic hydroxyl groups is 1. The molecule has 0 saturated carbocycles. The predicted molar refractivity (Wildman–Crippen MR) is 126 cm³/mol. The van der Waals surface area contributed by atoms with Crippen LogP contribution in [0.3, 0.4) is 0 Å². The summed E-state index contributed by atoms with van der Waals surface area (Å²) in [6.45, 7) is 4.98. The first-order chi connectivity index (χ1) is 15.9. The van der Waals surface area contributed by atoms with Gasteiger partial charge >= 0.3 is 0 Å². The third kappa shape index (κ3) is 4.83. The summed E-state index contributed by atoms with van der Waals surface area (Å²) in [7, 11) is 0. The highest BCUT2D eigenvalue weighted by molar-refractivity contribution is 6.32. The maximum Gasteiger partial charge on any atom is 0.269 e. The van der Waals surface area contributed by atoms with Gasteiger partial charge < -0.3 is 20.6 Å². The van der Waals surface area contributed by atoms with Crippen LogP contribution in [0.1, 0.15) is 29.4 Å². The topological polar surface area (TPSA) is 122 Å². The lowest BCUT2D eigenvalue weighted by Crippen LogP contribution is -2.23. The normalized spacial score (nSPS) is 16.3. The van der Waals surface area contributed by atoms with Crippen LogP contribution in [-0.4, -0.2) is 62.6 Å². The number of nitrogens with zero attached hydrogens (tertiary/aromatic N) is 2. The number of amides is 1. The minimum absolute atomic E-state index is 0.0672. The van der Waals surface area contributed by atoms with Crippen LogP contribution >= 0.6 is 11.6 Å². The molecule has 9 heteroatoms. The maximum absolute atomic E-state index is 12.8. The maximum atomic E-state index is 12.8. The van der Waals surface area contributed by atoms with Crippen molar-refractivity contribution in [2.24, 2.45) is 5.92 Å². The Balaban J connectivity index is 1.77. The van der Waals surface area contributed by atoms with Crippen molar-refractivity contribution < 1.29 is 20.1 Å². The summed E-state index contributed by atoms with van der Waals surface area (Å²) in [6.07, 6.45) is 0.976. The third-order valence-electron chi connectivity index (χ3n) is 5.90. The van der Waals surface area contributed by atoms with E-state index in [9.17, 15) is 20.1 Å². The van der Waals surface area contributed by atoms with E-state index in [4.69, 9.17) is 11.6 Å². The van der Waals surface area contributed by atoms with E-state index < -0.39 is 0 Å². The molecule has 1 amide bonds. The lowest BCUT2D eigenvalue weighted by atomic mass is 9.96. The number of likely N-dealkylation sites (tertiary alicyclic amines) is 1. The highest BCUT2D eigenvalue weighted by atomic mass is 35.5. The second kappa shape index (κ2) is 9.82. The molecule has 0 aliphatic carbocycles. The molecule has 4 rings (SSSR count). The van der Waals surface area contributed by atoms with Crippen molar-refractivity contribution in [1.29, 1.82) is 0 Å². The molecule has 2 heterocycles. The fraction of sp³-hybridized carbons (Fsp3) is 0.333. The molecular formula is C24H27ClN4O4. The predicted octanol–water partition coefficient (Wildman–Crippen LogP) is 3.37. The van der Waals surface area contributed by atoms with Crippen LogP contribution < -0.4 is 5.32 Å². The van der Waals surface area contributed by atoms with Gasteiger partial charge in [-0.05, 0) is 49.1 Å². The molecule has 1 aliphatic rings. The van der Waals surface area contributed by atoms with E-state index in [1.165, 1.54) is 6.07 Å². The molecule has 1 aliphatic heterocycles. The minimum atomic E-state index is -0.314. The number of carbonyl (C=O) groups excluding carboxylic acids is 1. The van der Waals surface area contributed by atoms with E-state index >= 15 is 0 Å². The van der Waals surface area contributed by atoms with Gasteiger partial charge in [-0.15, -0.1) is 0 Å². The van der Waals surface area contributed by atoms with Gasteiger partial charge in [-0.1, -0.05) is 29.8 Å². The number of hydrogen-bond donors (Lipinski definition) is 5. The zero-order valence-electron chi connectivity index (χ0n) is 18.3. The van der Waals surface area contributed by atoms with E-state index in [2.05, 4.69) is 20.4 Å². The van der Waals surface area contributed by atoms with Gasteiger partial charge in [-0.2, -0.15) is 5.10 Å². The monoisotopic (exact) mass is 470 g/mol. The van der Waals surface area contributed by atoms with E-state index in [1.54, 1.807) is 0 Å². The smallest absolute Gasteiger partial charge is 0.269 e. The van der Waals surface area contributed by atoms with E-state index in [0.717, 1.165) is 43.2 Å². The number of hydrogen-bond acceptors (Lipinski definition) is 6. The van der Waals surface area contributed by atoms with Gasteiger partial charge in [-0.25, -0.2) is 0 Å². The molecule has 1 saturated heterocycles. The number of benzene rings is 2. The number of phenols is 2. The lowest BCUT2D eigenvalue weighted by Gasteiger charge is -2.16. The van der Waals surface area contributed by atoms with Crippen molar-refractivity contribution in [3.05, 3.63) is 52.7 Å².